The van der Waals surface area contributed by atoms with Crippen molar-refractivity contribution in [3.63, 3.8) is 0 Å². The number of benzene rings is 1. The van der Waals surface area contributed by atoms with Gasteiger partial charge in [0.05, 0.1) is 29.5 Å². The number of hydrogen-bond donors (Lipinski definition) is 2. The van der Waals surface area contributed by atoms with E-state index >= 15 is 0 Å². The molecule has 21 heavy (non-hydrogen) atoms. The van der Waals surface area contributed by atoms with Gasteiger partial charge in [-0.25, -0.2) is 4.39 Å². The second kappa shape index (κ2) is 6.35. The van der Waals surface area contributed by atoms with Crippen LogP contribution in [-0.2, 0) is 11.3 Å². The molecular formula is C13H10ClFN4O2. The molecule has 0 radical (unpaired) electrons. The Labute approximate surface area is 124 Å². The molecule has 0 fully saturated rings. The molecule has 1 atom stereocenters. The van der Waals surface area contributed by atoms with Crippen LogP contribution >= 0.6 is 11.6 Å². The van der Waals surface area contributed by atoms with E-state index in [1.807, 2.05) is 6.07 Å². The lowest BCUT2D eigenvalue weighted by molar-refractivity contribution is -0.124. The fraction of sp³-hybridized carbons (Fsp3) is 0.154. The Kier molecular flexibility index (Phi) is 4.52. The molecule has 0 saturated heterocycles. The van der Waals surface area contributed by atoms with Crippen molar-refractivity contribution in [2.75, 3.05) is 5.32 Å². The number of aliphatic hydroxyl groups excluding tert-OH is 1. The van der Waals surface area contributed by atoms with Crippen LogP contribution in [0, 0.1) is 17.1 Å². The molecule has 0 aliphatic rings. The molecule has 108 valence electrons. The van der Waals surface area contributed by atoms with Crippen molar-refractivity contribution in [2.45, 2.75) is 12.6 Å². The van der Waals surface area contributed by atoms with Crippen LogP contribution in [-0.4, -0.2) is 26.9 Å². The van der Waals surface area contributed by atoms with E-state index < -0.39 is 17.8 Å². The first-order chi connectivity index (χ1) is 9.99. The van der Waals surface area contributed by atoms with Crippen LogP contribution in [0.5, 0.6) is 0 Å². The summed E-state index contributed by atoms with van der Waals surface area (Å²) in [5.74, 6) is -1.24. The molecular weight excluding hydrogens is 299 g/mol. The summed E-state index contributed by atoms with van der Waals surface area (Å²) in [5, 5.41) is 24.7. The maximum atomic E-state index is 12.7. The number of hydrogen-bond acceptors (Lipinski definition) is 4. The van der Waals surface area contributed by atoms with Gasteiger partial charge in [0, 0.05) is 5.69 Å². The van der Waals surface area contributed by atoms with Gasteiger partial charge in [-0.3, -0.25) is 9.48 Å². The first-order valence-electron chi connectivity index (χ1n) is 5.86. The minimum absolute atomic E-state index is 0.181. The number of nitriles is 1. The van der Waals surface area contributed by atoms with Crippen molar-refractivity contribution in [3.8, 4) is 6.07 Å². The van der Waals surface area contributed by atoms with Gasteiger partial charge in [-0.1, -0.05) is 11.6 Å². The van der Waals surface area contributed by atoms with Crippen LogP contribution in [0.3, 0.4) is 0 Å². The average molecular weight is 309 g/mol. The second-order valence-corrected chi connectivity index (χ2v) is 4.60. The van der Waals surface area contributed by atoms with Gasteiger partial charge in [-0.2, -0.15) is 10.4 Å². The summed E-state index contributed by atoms with van der Waals surface area (Å²) < 4.78 is 13.9. The molecule has 0 bridgehead atoms. The molecule has 1 aromatic carbocycles. The van der Waals surface area contributed by atoms with Crippen molar-refractivity contribution in [1.82, 2.24) is 9.78 Å². The minimum atomic E-state index is -1.40. The number of carbonyl (C=O) groups is 1. The van der Waals surface area contributed by atoms with Crippen LogP contribution in [0.25, 0.3) is 0 Å². The van der Waals surface area contributed by atoms with Gasteiger partial charge < -0.3 is 10.4 Å². The molecule has 0 unspecified atom stereocenters. The Morgan fingerprint density at radius 3 is 2.95 bits per heavy atom. The third-order valence-corrected chi connectivity index (χ3v) is 2.93. The number of anilines is 1. The Morgan fingerprint density at radius 2 is 2.38 bits per heavy atom. The molecule has 1 aromatic heterocycles. The van der Waals surface area contributed by atoms with Gasteiger partial charge in [0.25, 0.3) is 5.91 Å². The lowest BCUT2D eigenvalue weighted by Gasteiger charge is -2.11. The molecule has 8 heteroatoms. The molecule has 2 rings (SSSR count). The van der Waals surface area contributed by atoms with Crippen LogP contribution in [0.4, 0.5) is 10.1 Å². The molecule has 0 aliphatic carbocycles. The first kappa shape index (κ1) is 15.0. The van der Waals surface area contributed by atoms with Crippen LogP contribution in [0.15, 0.2) is 30.6 Å². The second-order valence-electron chi connectivity index (χ2n) is 4.19. The lowest BCUT2D eigenvalue weighted by atomic mass is 10.2. The Hall–Kier alpha value is -2.43. The van der Waals surface area contributed by atoms with Crippen LogP contribution < -0.4 is 5.32 Å². The zero-order valence-electron chi connectivity index (χ0n) is 10.6. The molecule has 2 N–H and O–H groups in total. The molecule has 0 saturated carbocycles. The molecule has 1 heterocycles. The first-order valence-corrected chi connectivity index (χ1v) is 6.24. The normalized spacial score (nSPS) is 11.7. The number of rotatable bonds is 4. The quantitative estimate of drug-likeness (QED) is 0.896. The molecule has 0 aliphatic heterocycles. The van der Waals surface area contributed by atoms with Gasteiger partial charge in [0.15, 0.2) is 11.9 Å². The highest BCUT2D eigenvalue weighted by Gasteiger charge is 2.17. The van der Waals surface area contributed by atoms with Gasteiger partial charge in [0.2, 0.25) is 0 Å². The summed E-state index contributed by atoms with van der Waals surface area (Å²) in [6.45, 7) is -0.181. The number of carbonyl (C=O) groups excluding carboxylic acids is 1. The van der Waals surface area contributed by atoms with E-state index in [2.05, 4.69) is 10.4 Å². The Bertz CT molecular complexity index is 710. The number of nitrogens with one attached hydrogen (secondary N) is 1. The summed E-state index contributed by atoms with van der Waals surface area (Å²) in [6, 6.07) is 6.23. The average Bonchev–Trinajstić information content (AvgIpc) is 2.84. The third-order valence-electron chi connectivity index (χ3n) is 2.62. The molecule has 0 spiro atoms. The van der Waals surface area contributed by atoms with E-state index in [0.29, 0.717) is 5.69 Å². The van der Waals surface area contributed by atoms with Crippen molar-refractivity contribution in [1.29, 1.82) is 5.26 Å². The van der Waals surface area contributed by atoms with E-state index in [-0.39, 0.29) is 17.1 Å². The smallest absolute Gasteiger partial charge is 0.255 e. The fourth-order valence-electron chi connectivity index (χ4n) is 1.61. The minimum Gasteiger partial charge on any atom is -0.381 e. The van der Waals surface area contributed by atoms with Crippen molar-refractivity contribution in [2.24, 2.45) is 0 Å². The van der Waals surface area contributed by atoms with E-state index in [0.717, 1.165) is 17.1 Å². The summed E-state index contributed by atoms with van der Waals surface area (Å²) >= 11 is 5.83. The Balaban J connectivity index is 2.00. The fourth-order valence-corrected chi connectivity index (χ4v) is 1.83. The van der Waals surface area contributed by atoms with Crippen LogP contribution in [0.2, 0.25) is 5.02 Å². The Morgan fingerprint density at radius 1 is 1.62 bits per heavy atom. The highest BCUT2D eigenvalue weighted by atomic mass is 35.5. The number of halogens is 2. The standard InChI is InChI=1S/C13H10ClFN4O2/c14-11-3-10(2-1-8(11)4-16)18-13(21)12(20)7-19-6-9(15)5-17-19/h1-3,5-6,12,20H,7H2,(H,18,21)/t12-/m0/s1. The van der Waals surface area contributed by atoms with Gasteiger partial charge >= 0.3 is 0 Å². The summed E-state index contributed by atoms with van der Waals surface area (Å²) in [6.07, 6.45) is 0.638. The maximum Gasteiger partial charge on any atom is 0.255 e. The summed E-state index contributed by atoms with van der Waals surface area (Å²) in [7, 11) is 0. The number of nitrogens with zero attached hydrogens (tertiary/aromatic N) is 3. The third kappa shape index (κ3) is 3.78. The number of amides is 1. The zero-order valence-corrected chi connectivity index (χ0v) is 11.4. The highest BCUT2D eigenvalue weighted by molar-refractivity contribution is 6.32. The van der Waals surface area contributed by atoms with E-state index in [1.165, 1.54) is 18.2 Å². The van der Waals surface area contributed by atoms with Crippen LogP contribution in [0.1, 0.15) is 5.56 Å². The van der Waals surface area contributed by atoms with E-state index in [1.54, 1.807) is 0 Å². The zero-order chi connectivity index (χ0) is 15.4. The topological polar surface area (TPSA) is 90.9 Å². The van der Waals surface area contributed by atoms with Gasteiger partial charge in [-0.15, -0.1) is 0 Å². The number of aromatic nitrogens is 2. The highest BCUT2D eigenvalue weighted by Crippen LogP contribution is 2.20. The molecule has 1 amide bonds. The molecule has 2 aromatic rings. The molecule has 6 nitrogen and oxygen atoms in total. The maximum absolute atomic E-state index is 12.7. The monoisotopic (exact) mass is 308 g/mol. The van der Waals surface area contributed by atoms with Crippen molar-refractivity contribution < 1.29 is 14.3 Å². The predicted molar refractivity (Wildman–Crippen MR) is 73.0 cm³/mol. The SMILES string of the molecule is N#Cc1ccc(NC(=O)[C@@H](O)Cn2cc(F)cn2)cc1Cl. The van der Waals surface area contributed by atoms with E-state index in [4.69, 9.17) is 16.9 Å². The van der Waals surface area contributed by atoms with E-state index in [9.17, 15) is 14.3 Å². The van der Waals surface area contributed by atoms with Crippen molar-refractivity contribution >= 4 is 23.2 Å². The van der Waals surface area contributed by atoms with Gasteiger partial charge in [-0.05, 0) is 18.2 Å². The largest absolute Gasteiger partial charge is 0.381 e. The predicted octanol–water partition coefficient (Wildman–Crippen LogP) is 1.55. The summed E-state index contributed by atoms with van der Waals surface area (Å²) in [5.41, 5.74) is 0.622. The lowest BCUT2D eigenvalue weighted by Crippen LogP contribution is -2.31. The van der Waals surface area contributed by atoms with Gasteiger partial charge in [0.1, 0.15) is 6.07 Å². The van der Waals surface area contributed by atoms with Crippen molar-refractivity contribution in [3.05, 3.63) is 47.0 Å². The number of aliphatic hydroxyl groups is 1. The summed E-state index contributed by atoms with van der Waals surface area (Å²) in [4.78, 5) is 11.8.